The van der Waals surface area contributed by atoms with Crippen molar-refractivity contribution in [2.24, 2.45) is 0 Å². The van der Waals surface area contributed by atoms with Gasteiger partial charge in [0.25, 0.3) is 5.91 Å². The van der Waals surface area contributed by atoms with Crippen molar-refractivity contribution in [1.82, 2.24) is 4.90 Å². The first-order valence-corrected chi connectivity index (χ1v) is 6.03. The van der Waals surface area contributed by atoms with Crippen LogP contribution in [0.5, 0.6) is 0 Å². The van der Waals surface area contributed by atoms with Crippen LogP contribution in [0.1, 0.15) is 21.5 Å². The first-order valence-electron chi connectivity index (χ1n) is 6.03. The lowest BCUT2D eigenvalue weighted by molar-refractivity contribution is 0.0785. The molecule has 1 amide bonds. The highest BCUT2D eigenvalue weighted by Crippen LogP contribution is 2.09. The van der Waals surface area contributed by atoms with E-state index in [1.54, 1.807) is 4.90 Å². The third kappa shape index (κ3) is 2.98. The van der Waals surface area contributed by atoms with Crippen LogP contribution in [0.25, 0.3) is 0 Å². The Labute approximate surface area is 108 Å². The molecule has 2 nitrogen and oxygen atoms in total. The Kier molecular flexibility index (Phi) is 3.78. The molecule has 0 aliphatic carbocycles. The summed E-state index contributed by atoms with van der Waals surface area (Å²) < 4.78 is 0. The minimum atomic E-state index is 0.0520. The Morgan fingerprint density at radius 3 is 2.22 bits per heavy atom. The Morgan fingerprint density at radius 1 is 1.00 bits per heavy atom. The average molecular weight is 239 g/mol. The van der Waals surface area contributed by atoms with E-state index < -0.39 is 0 Å². The van der Waals surface area contributed by atoms with Gasteiger partial charge in [-0.3, -0.25) is 4.79 Å². The molecule has 2 aromatic rings. The van der Waals surface area contributed by atoms with Crippen molar-refractivity contribution in [3.05, 3.63) is 71.3 Å². The maximum Gasteiger partial charge on any atom is 0.253 e. The van der Waals surface area contributed by atoms with Crippen LogP contribution in [0.2, 0.25) is 0 Å². The Bertz CT molecular complexity index is 517. The summed E-state index contributed by atoms with van der Waals surface area (Å²) in [4.78, 5) is 13.9. The van der Waals surface area contributed by atoms with Crippen molar-refractivity contribution in [1.29, 1.82) is 0 Å². The van der Waals surface area contributed by atoms with Crippen molar-refractivity contribution >= 4 is 5.91 Å². The smallest absolute Gasteiger partial charge is 0.253 e. The molecule has 2 rings (SSSR count). The van der Waals surface area contributed by atoms with E-state index in [0.717, 1.165) is 11.1 Å². The molecule has 0 radical (unpaired) electrons. The average Bonchev–Trinajstić information content (AvgIpc) is 2.41. The molecule has 0 spiro atoms. The molecular weight excluding hydrogens is 222 g/mol. The van der Waals surface area contributed by atoms with Crippen LogP contribution in [0.15, 0.2) is 54.6 Å². The van der Waals surface area contributed by atoms with E-state index in [0.29, 0.717) is 6.54 Å². The van der Waals surface area contributed by atoms with E-state index in [1.807, 2.05) is 37.4 Å². The first-order chi connectivity index (χ1) is 8.66. The van der Waals surface area contributed by atoms with Gasteiger partial charge in [0.1, 0.15) is 0 Å². The van der Waals surface area contributed by atoms with Gasteiger partial charge in [0.2, 0.25) is 0 Å². The van der Waals surface area contributed by atoms with Crippen LogP contribution in [-0.2, 0) is 6.54 Å². The zero-order chi connectivity index (χ0) is 13.0. The molecule has 0 bridgehead atoms. The van der Waals surface area contributed by atoms with Crippen LogP contribution < -0.4 is 0 Å². The SMILES string of the molecule is Cc1ccc(CN(C)C(=O)c2ccccc2)cc1. The van der Waals surface area contributed by atoms with Crippen LogP contribution in [-0.4, -0.2) is 17.9 Å². The van der Waals surface area contributed by atoms with Gasteiger partial charge in [0.05, 0.1) is 0 Å². The van der Waals surface area contributed by atoms with Gasteiger partial charge in [-0.25, -0.2) is 0 Å². The largest absolute Gasteiger partial charge is 0.337 e. The van der Waals surface area contributed by atoms with E-state index in [4.69, 9.17) is 0 Å². The van der Waals surface area contributed by atoms with Crippen molar-refractivity contribution in [2.75, 3.05) is 7.05 Å². The minimum absolute atomic E-state index is 0.0520. The molecule has 0 saturated heterocycles. The zero-order valence-corrected chi connectivity index (χ0v) is 10.8. The molecule has 0 atom stereocenters. The van der Waals surface area contributed by atoms with Gasteiger partial charge in [0, 0.05) is 19.2 Å². The lowest BCUT2D eigenvalue weighted by Gasteiger charge is -2.17. The maximum atomic E-state index is 12.1. The van der Waals surface area contributed by atoms with Gasteiger partial charge < -0.3 is 4.90 Å². The quantitative estimate of drug-likeness (QED) is 0.805. The van der Waals surface area contributed by atoms with E-state index >= 15 is 0 Å². The number of hydrogen-bond acceptors (Lipinski definition) is 1. The van der Waals surface area contributed by atoms with Crippen LogP contribution in [0.4, 0.5) is 0 Å². The summed E-state index contributed by atoms with van der Waals surface area (Å²) in [5, 5.41) is 0. The first kappa shape index (κ1) is 12.4. The minimum Gasteiger partial charge on any atom is -0.337 e. The van der Waals surface area contributed by atoms with Crippen LogP contribution in [0.3, 0.4) is 0 Å². The van der Waals surface area contributed by atoms with Crippen molar-refractivity contribution < 1.29 is 4.79 Å². The molecule has 0 fully saturated rings. The summed E-state index contributed by atoms with van der Waals surface area (Å²) in [6, 6.07) is 17.6. The number of carbonyl (C=O) groups excluding carboxylic acids is 1. The topological polar surface area (TPSA) is 20.3 Å². The van der Waals surface area contributed by atoms with Gasteiger partial charge in [0.15, 0.2) is 0 Å². The van der Waals surface area contributed by atoms with E-state index in [1.165, 1.54) is 5.56 Å². The molecule has 2 heteroatoms. The lowest BCUT2D eigenvalue weighted by Crippen LogP contribution is -2.26. The molecule has 0 aliphatic rings. The van der Waals surface area contributed by atoms with Gasteiger partial charge >= 0.3 is 0 Å². The highest BCUT2D eigenvalue weighted by atomic mass is 16.2. The molecule has 0 N–H and O–H groups in total. The highest BCUT2D eigenvalue weighted by molar-refractivity contribution is 5.93. The fraction of sp³-hybridized carbons (Fsp3) is 0.188. The van der Waals surface area contributed by atoms with E-state index in [-0.39, 0.29) is 5.91 Å². The molecule has 0 heterocycles. The summed E-state index contributed by atoms with van der Waals surface area (Å²) in [6.07, 6.45) is 0. The summed E-state index contributed by atoms with van der Waals surface area (Å²) in [7, 11) is 1.83. The molecule has 92 valence electrons. The molecule has 2 aromatic carbocycles. The molecule has 0 aliphatic heterocycles. The summed E-state index contributed by atoms with van der Waals surface area (Å²) >= 11 is 0. The molecule has 18 heavy (non-hydrogen) atoms. The Balaban J connectivity index is 2.06. The number of aryl methyl sites for hydroxylation is 1. The fourth-order valence-corrected chi connectivity index (χ4v) is 1.84. The third-order valence-corrected chi connectivity index (χ3v) is 2.91. The number of amides is 1. The number of hydrogen-bond donors (Lipinski definition) is 0. The second-order valence-electron chi connectivity index (χ2n) is 4.51. The Morgan fingerprint density at radius 2 is 1.61 bits per heavy atom. The molecule has 0 saturated carbocycles. The second-order valence-corrected chi connectivity index (χ2v) is 4.51. The Hall–Kier alpha value is -2.09. The van der Waals surface area contributed by atoms with Crippen LogP contribution >= 0.6 is 0 Å². The fourth-order valence-electron chi connectivity index (χ4n) is 1.84. The summed E-state index contributed by atoms with van der Waals surface area (Å²) in [5.74, 6) is 0.0520. The van der Waals surface area contributed by atoms with Crippen molar-refractivity contribution in [3.8, 4) is 0 Å². The number of nitrogens with zero attached hydrogens (tertiary/aromatic N) is 1. The van der Waals surface area contributed by atoms with E-state index in [2.05, 4.69) is 31.2 Å². The maximum absolute atomic E-state index is 12.1. The molecular formula is C16H17NO. The number of carbonyl (C=O) groups is 1. The zero-order valence-electron chi connectivity index (χ0n) is 10.8. The highest BCUT2D eigenvalue weighted by Gasteiger charge is 2.10. The predicted molar refractivity (Wildman–Crippen MR) is 73.4 cm³/mol. The predicted octanol–water partition coefficient (Wildman–Crippen LogP) is 3.27. The molecule has 0 unspecified atom stereocenters. The summed E-state index contributed by atoms with van der Waals surface area (Å²) in [5.41, 5.74) is 3.11. The number of rotatable bonds is 3. The summed E-state index contributed by atoms with van der Waals surface area (Å²) in [6.45, 7) is 2.69. The third-order valence-electron chi connectivity index (χ3n) is 2.91. The van der Waals surface area contributed by atoms with Crippen molar-refractivity contribution in [2.45, 2.75) is 13.5 Å². The normalized spacial score (nSPS) is 10.1. The van der Waals surface area contributed by atoms with Gasteiger partial charge in [-0.15, -0.1) is 0 Å². The van der Waals surface area contributed by atoms with Gasteiger partial charge in [-0.05, 0) is 24.6 Å². The van der Waals surface area contributed by atoms with Crippen LogP contribution in [0, 0.1) is 6.92 Å². The number of benzene rings is 2. The van der Waals surface area contributed by atoms with Gasteiger partial charge in [-0.1, -0.05) is 48.0 Å². The van der Waals surface area contributed by atoms with Gasteiger partial charge in [-0.2, -0.15) is 0 Å². The van der Waals surface area contributed by atoms with Crippen molar-refractivity contribution in [3.63, 3.8) is 0 Å². The second kappa shape index (κ2) is 5.50. The standard InChI is InChI=1S/C16H17NO/c1-13-8-10-14(11-9-13)12-17(2)16(18)15-6-4-3-5-7-15/h3-11H,12H2,1-2H3. The molecule has 0 aromatic heterocycles. The lowest BCUT2D eigenvalue weighted by atomic mass is 10.1. The van der Waals surface area contributed by atoms with E-state index in [9.17, 15) is 4.79 Å². The monoisotopic (exact) mass is 239 g/mol.